The molecule has 2 aromatic rings. The van der Waals surface area contributed by atoms with E-state index in [1.165, 1.54) is 41.5 Å². The second-order valence-electron chi connectivity index (χ2n) is 8.65. The lowest BCUT2D eigenvalue weighted by molar-refractivity contribution is -0.116. The van der Waals surface area contributed by atoms with Gasteiger partial charge in [-0.2, -0.15) is 0 Å². The molecule has 0 aromatic heterocycles. The second-order valence-corrected chi connectivity index (χ2v) is 8.65. The molecule has 176 valence electrons. The number of amides is 1. The molecule has 32 heavy (non-hydrogen) atoms. The SMILES string of the molecule is C=C(CCCCCCCCC(=O)Nc1cc(C)cc(C)c1)Nc1cc(C)cc(C)c1.CC. The summed E-state index contributed by atoms with van der Waals surface area (Å²) in [7, 11) is 0. The van der Waals surface area contributed by atoms with Crippen molar-refractivity contribution >= 4 is 17.3 Å². The number of aryl methyl sites for hydroxylation is 4. The van der Waals surface area contributed by atoms with Gasteiger partial charge in [0.05, 0.1) is 0 Å². The van der Waals surface area contributed by atoms with Crippen LogP contribution in [0.4, 0.5) is 11.4 Å². The highest BCUT2D eigenvalue weighted by molar-refractivity contribution is 5.90. The molecule has 0 heterocycles. The van der Waals surface area contributed by atoms with Crippen LogP contribution in [0.2, 0.25) is 0 Å². The number of allylic oxidation sites excluding steroid dienone is 1. The van der Waals surface area contributed by atoms with Crippen molar-refractivity contribution in [3.05, 3.63) is 70.9 Å². The normalized spacial score (nSPS) is 10.2. The Morgan fingerprint density at radius 3 is 1.47 bits per heavy atom. The molecule has 0 aliphatic heterocycles. The molecule has 0 radical (unpaired) electrons. The zero-order valence-corrected chi connectivity index (χ0v) is 21.2. The Labute approximate surface area is 196 Å². The predicted molar refractivity (Wildman–Crippen MR) is 142 cm³/mol. The minimum absolute atomic E-state index is 0.119. The van der Waals surface area contributed by atoms with Gasteiger partial charge >= 0.3 is 0 Å². The van der Waals surface area contributed by atoms with E-state index >= 15 is 0 Å². The number of benzene rings is 2. The number of carbonyl (C=O) groups is 1. The summed E-state index contributed by atoms with van der Waals surface area (Å²) < 4.78 is 0. The van der Waals surface area contributed by atoms with E-state index in [1.54, 1.807) is 0 Å². The smallest absolute Gasteiger partial charge is 0.224 e. The summed E-state index contributed by atoms with van der Waals surface area (Å²) in [5, 5.41) is 6.45. The number of rotatable bonds is 12. The summed E-state index contributed by atoms with van der Waals surface area (Å²) in [6.45, 7) is 16.5. The third-order valence-electron chi connectivity index (χ3n) is 5.18. The zero-order chi connectivity index (χ0) is 23.9. The van der Waals surface area contributed by atoms with Crippen LogP contribution in [0, 0.1) is 27.7 Å². The van der Waals surface area contributed by atoms with Gasteiger partial charge in [-0.3, -0.25) is 4.79 Å². The topological polar surface area (TPSA) is 41.1 Å². The first-order chi connectivity index (χ1) is 15.3. The number of hydrogen-bond acceptors (Lipinski definition) is 2. The molecule has 2 N–H and O–H groups in total. The molecule has 0 aliphatic carbocycles. The van der Waals surface area contributed by atoms with Crippen LogP contribution in [0.1, 0.15) is 87.5 Å². The lowest BCUT2D eigenvalue weighted by atomic mass is 10.1. The third kappa shape index (κ3) is 11.7. The van der Waals surface area contributed by atoms with E-state index in [1.807, 2.05) is 26.0 Å². The van der Waals surface area contributed by atoms with Gasteiger partial charge in [-0.1, -0.05) is 58.2 Å². The highest BCUT2D eigenvalue weighted by atomic mass is 16.1. The Morgan fingerprint density at radius 1 is 0.625 bits per heavy atom. The maximum atomic E-state index is 12.1. The molecule has 0 aliphatic rings. The van der Waals surface area contributed by atoms with E-state index in [-0.39, 0.29) is 5.91 Å². The fraction of sp³-hybridized carbons (Fsp3) is 0.483. The van der Waals surface area contributed by atoms with Crippen molar-refractivity contribution in [2.75, 3.05) is 10.6 Å². The van der Waals surface area contributed by atoms with Crippen molar-refractivity contribution in [3.63, 3.8) is 0 Å². The maximum Gasteiger partial charge on any atom is 0.224 e. The molecule has 2 rings (SSSR count). The number of hydrogen-bond donors (Lipinski definition) is 2. The second kappa shape index (κ2) is 15.3. The largest absolute Gasteiger partial charge is 0.359 e. The first-order valence-corrected chi connectivity index (χ1v) is 12.2. The molecule has 0 saturated carbocycles. The molecule has 0 bridgehead atoms. The van der Waals surface area contributed by atoms with Crippen molar-refractivity contribution in [2.24, 2.45) is 0 Å². The van der Waals surface area contributed by atoms with Gasteiger partial charge in [0.15, 0.2) is 0 Å². The molecular formula is C29H44N2O. The maximum absolute atomic E-state index is 12.1. The van der Waals surface area contributed by atoms with Gasteiger partial charge in [0.2, 0.25) is 5.91 Å². The summed E-state index contributed by atoms with van der Waals surface area (Å²) in [6.07, 6.45) is 8.45. The Balaban J connectivity index is 0.00000249. The summed E-state index contributed by atoms with van der Waals surface area (Å²) in [6, 6.07) is 12.7. The van der Waals surface area contributed by atoms with Crippen molar-refractivity contribution in [1.82, 2.24) is 0 Å². The molecule has 0 fully saturated rings. The molecule has 0 saturated heterocycles. The first-order valence-electron chi connectivity index (χ1n) is 12.2. The van der Waals surface area contributed by atoms with Gasteiger partial charge < -0.3 is 10.6 Å². The Kier molecular flexibility index (Phi) is 13.1. The first kappa shape index (κ1) is 27.5. The van der Waals surface area contributed by atoms with Crippen LogP contribution >= 0.6 is 0 Å². The lowest BCUT2D eigenvalue weighted by Crippen LogP contribution is -2.11. The summed E-state index contributed by atoms with van der Waals surface area (Å²) in [5.41, 5.74) is 8.03. The van der Waals surface area contributed by atoms with Crippen LogP contribution in [0.15, 0.2) is 48.7 Å². The number of nitrogens with one attached hydrogen (secondary N) is 2. The fourth-order valence-corrected chi connectivity index (χ4v) is 3.91. The average Bonchev–Trinajstić information content (AvgIpc) is 2.70. The molecule has 0 spiro atoms. The monoisotopic (exact) mass is 436 g/mol. The van der Waals surface area contributed by atoms with Gasteiger partial charge in [-0.15, -0.1) is 0 Å². The number of carbonyl (C=O) groups excluding carboxylic acids is 1. The molecule has 3 nitrogen and oxygen atoms in total. The van der Waals surface area contributed by atoms with E-state index in [4.69, 9.17) is 0 Å². The van der Waals surface area contributed by atoms with Crippen molar-refractivity contribution < 1.29 is 4.79 Å². The summed E-state index contributed by atoms with van der Waals surface area (Å²) in [4.78, 5) is 12.1. The molecule has 3 heteroatoms. The van der Waals surface area contributed by atoms with Crippen molar-refractivity contribution in [3.8, 4) is 0 Å². The predicted octanol–water partition coefficient (Wildman–Crippen LogP) is 8.63. The van der Waals surface area contributed by atoms with Crippen LogP contribution in [0.25, 0.3) is 0 Å². The lowest BCUT2D eigenvalue weighted by Gasteiger charge is -2.11. The van der Waals surface area contributed by atoms with Crippen molar-refractivity contribution in [2.45, 2.75) is 92.9 Å². The number of anilines is 2. The molecule has 2 aromatic carbocycles. The van der Waals surface area contributed by atoms with Gasteiger partial charge in [0.1, 0.15) is 0 Å². The molecule has 0 atom stereocenters. The van der Waals surface area contributed by atoms with E-state index in [9.17, 15) is 4.79 Å². The highest BCUT2D eigenvalue weighted by Gasteiger charge is 2.04. The molecule has 0 unspecified atom stereocenters. The van der Waals surface area contributed by atoms with E-state index < -0.39 is 0 Å². The summed E-state index contributed by atoms with van der Waals surface area (Å²) in [5.74, 6) is 0.119. The van der Waals surface area contributed by atoms with Crippen LogP contribution in [-0.2, 0) is 4.79 Å². The number of unbranched alkanes of at least 4 members (excludes halogenated alkanes) is 5. The van der Waals surface area contributed by atoms with Crippen LogP contribution in [0.3, 0.4) is 0 Å². The standard InChI is InChI=1S/C27H38N2O.C2H6/c1-20-14-21(2)17-25(16-20)28-24(5)12-10-8-6-7-9-11-13-27(30)29-26-18-22(3)15-23(4)19-26;1-2/h14-19,28H,5-13H2,1-4H3,(H,29,30);1-2H3. The fourth-order valence-electron chi connectivity index (χ4n) is 3.91. The summed E-state index contributed by atoms with van der Waals surface area (Å²) >= 11 is 0. The third-order valence-corrected chi connectivity index (χ3v) is 5.18. The Morgan fingerprint density at radius 2 is 1.00 bits per heavy atom. The zero-order valence-electron chi connectivity index (χ0n) is 21.2. The van der Waals surface area contributed by atoms with E-state index in [0.717, 1.165) is 42.8 Å². The quantitative estimate of drug-likeness (QED) is 0.327. The van der Waals surface area contributed by atoms with Crippen molar-refractivity contribution in [1.29, 1.82) is 0 Å². The van der Waals surface area contributed by atoms with E-state index in [0.29, 0.717) is 6.42 Å². The van der Waals surface area contributed by atoms with Gasteiger partial charge in [0, 0.05) is 23.5 Å². The van der Waals surface area contributed by atoms with Crippen LogP contribution in [0.5, 0.6) is 0 Å². The van der Waals surface area contributed by atoms with Crippen LogP contribution in [-0.4, -0.2) is 5.91 Å². The van der Waals surface area contributed by atoms with Gasteiger partial charge in [-0.05, 0) is 93.5 Å². The van der Waals surface area contributed by atoms with Gasteiger partial charge in [0.25, 0.3) is 0 Å². The van der Waals surface area contributed by atoms with Crippen LogP contribution < -0.4 is 10.6 Å². The van der Waals surface area contributed by atoms with Gasteiger partial charge in [-0.25, -0.2) is 0 Å². The Hall–Kier alpha value is -2.55. The minimum atomic E-state index is 0.119. The highest BCUT2D eigenvalue weighted by Crippen LogP contribution is 2.18. The Bertz CT molecular complexity index is 742. The van der Waals surface area contributed by atoms with E-state index in [2.05, 4.69) is 69.2 Å². The minimum Gasteiger partial charge on any atom is -0.359 e. The average molecular weight is 437 g/mol. The molecular weight excluding hydrogens is 392 g/mol. The molecule has 1 amide bonds.